The van der Waals surface area contributed by atoms with Gasteiger partial charge in [-0.3, -0.25) is 4.79 Å². The number of aromatic amines is 2. The summed E-state index contributed by atoms with van der Waals surface area (Å²) in [4.78, 5) is 13.5. The van der Waals surface area contributed by atoms with Crippen molar-refractivity contribution in [2.24, 2.45) is 0 Å². The first-order chi connectivity index (χ1) is 9.41. The van der Waals surface area contributed by atoms with Gasteiger partial charge in [0.1, 0.15) is 6.07 Å². The highest BCUT2D eigenvalue weighted by Gasteiger charge is 2.35. The van der Waals surface area contributed by atoms with Crippen molar-refractivity contribution in [3.8, 4) is 6.07 Å². The highest BCUT2D eigenvalue weighted by Crippen LogP contribution is 2.34. The molecule has 2 aromatic rings. The summed E-state index contributed by atoms with van der Waals surface area (Å²) in [6.45, 7) is 0. The quantitative estimate of drug-likeness (QED) is 0.820. The molecule has 2 aromatic heterocycles. The number of tetrazole rings is 1. The van der Waals surface area contributed by atoms with Crippen LogP contribution >= 0.6 is 11.8 Å². The van der Waals surface area contributed by atoms with Crippen LogP contribution in [0.15, 0.2) is 15.9 Å². The molecule has 11 heteroatoms. The lowest BCUT2D eigenvalue weighted by Gasteiger charge is -2.10. The molecule has 0 aliphatic rings. The molecule has 2 rings (SSSR count). The molecule has 0 amide bonds. The number of hydrogen-bond acceptors (Lipinski definition) is 6. The molecule has 0 aliphatic carbocycles. The van der Waals surface area contributed by atoms with Gasteiger partial charge in [0.15, 0.2) is 5.82 Å². The van der Waals surface area contributed by atoms with Gasteiger partial charge in [-0.2, -0.15) is 23.6 Å². The minimum absolute atomic E-state index is 0.0580. The van der Waals surface area contributed by atoms with E-state index in [0.29, 0.717) is 6.07 Å². The molecule has 0 aliphatic heterocycles. The maximum atomic E-state index is 12.8. The van der Waals surface area contributed by atoms with E-state index in [1.54, 1.807) is 0 Å². The van der Waals surface area contributed by atoms with Crippen LogP contribution in [0.25, 0.3) is 0 Å². The lowest BCUT2D eigenvalue weighted by atomic mass is 10.1. The van der Waals surface area contributed by atoms with Crippen LogP contribution in [-0.2, 0) is 11.9 Å². The fraction of sp³-hybridized carbons (Fsp3) is 0.222. The number of halogens is 3. The summed E-state index contributed by atoms with van der Waals surface area (Å²) in [6, 6.07) is 1.81. The molecule has 0 radical (unpaired) electrons. The molecule has 2 heterocycles. The number of nitrogens with one attached hydrogen (secondary N) is 2. The Balaban J connectivity index is 2.40. The van der Waals surface area contributed by atoms with Crippen molar-refractivity contribution < 1.29 is 13.2 Å². The van der Waals surface area contributed by atoms with E-state index >= 15 is 0 Å². The van der Waals surface area contributed by atoms with Crippen LogP contribution in [0.3, 0.4) is 0 Å². The van der Waals surface area contributed by atoms with Crippen molar-refractivity contribution in [2.75, 3.05) is 0 Å². The molecule has 0 saturated heterocycles. The Morgan fingerprint density at radius 3 is 2.75 bits per heavy atom. The van der Waals surface area contributed by atoms with Crippen LogP contribution in [0.4, 0.5) is 13.2 Å². The maximum Gasteiger partial charge on any atom is 0.417 e. The second-order valence-corrected chi connectivity index (χ2v) is 4.46. The average Bonchev–Trinajstić information content (AvgIpc) is 2.87. The van der Waals surface area contributed by atoms with E-state index in [0.717, 1.165) is 11.8 Å². The largest absolute Gasteiger partial charge is 0.417 e. The molecule has 7 nitrogen and oxygen atoms in total. The molecule has 0 fully saturated rings. The average molecular weight is 302 g/mol. The molecule has 0 spiro atoms. The number of H-pyrrole nitrogens is 2. The topological polar surface area (TPSA) is 111 Å². The summed E-state index contributed by atoms with van der Waals surface area (Å²) >= 11 is 0.811. The van der Waals surface area contributed by atoms with E-state index in [-0.39, 0.29) is 16.6 Å². The summed E-state index contributed by atoms with van der Waals surface area (Å²) in [5.41, 5.74) is -2.84. The van der Waals surface area contributed by atoms with E-state index in [1.165, 1.54) is 6.07 Å². The first kappa shape index (κ1) is 14.1. The number of hydrogen-bond donors (Lipinski definition) is 2. The van der Waals surface area contributed by atoms with Crippen LogP contribution in [0, 0.1) is 11.3 Å². The van der Waals surface area contributed by atoms with Crippen molar-refractivity contribution in [3.63, 3.8) is 0 Å². The Morgan fingerprint density at radius 1 is 1.45 bits per heavy atom. The molecule has 104 valence electrons. The van der Waals surface area contributed by atoms with Gasteiger partial charge in [0, 0.05) is 6.07 Å². The molecule has 0 aromatic carbocycles. The summed E-state index contributed by atoms with van der Waals surface area (Å²) in [5.74, 6) is 0.291. The van der Waals surface area contributed by atoms with Crippen LogP contribution in [-0.4, -0.2) is 25.6 Å². The van der Waals surface area contributed by atoms with Crippen molar-refractivity contribution in [1.82, 2.24) is 25.6 Å². The Labute approximate surface area is 113 Å². The van der Waals surface area contributed by atoms with Crippen molar-refractivity contribution >= 4 is 11.8 Å². The fourth-order valence-corrected chi connectivity index (χ4v) is 2.23. The Kier molecular flexibility index (Phi) is 3.75. The summed E-state index contributed by atoms with van der Waals surface area (Å²) in [5, 5.41) is 21.4. The van der Waals surface area contributed by atoms with E-state index in [2.05, 4.69) is 25.6 Å². The lowest BCUT2D eigenvalue weighted by molar-refractivity contribution is -0.138. The van der Waals surface area contributed by atoms with E-state index in [4.69, 9.17) is 5.26 Å². The van der Waals surface area contributed by atoms with Crippen LogP contribution in [0.5, 0.6) is 0 Å². The standard InChI is InChI=1S/C9H5F3N6OS/c10-9(11,12)5-1-7(19)14-8(4(5)2-13)20-3-6-15-17-18-16-6/h1H,3H2,(H,14,19)(H,15,16,17,18). The van der Waals surface area contributed by atoms with Gasteiger partial charge in [-0.05, 0) is 0 Å². The number of alkyl halides is 3. The Hall–Kier alpha value is -2.35. The monoisotopic (exact) mass is 302 g/mol. The zero-order chi connectivity index (χ0) is 14.8. The fourth-order valence-electron chi connectivity index (χ4n) is 1.36. The van der Waals surface area contributed by atoms with Gasteiger partial charge in [-0.25, -0.2) is 0 Å². The second kappa shape index (κ2) is 5.33. The molecule has 0 atom stereocenters. The van der Waals surface area contributed by atoms with Crippen LogP contribution < -0.4 is 5.56 Å². The smallest absolute Gasteiger partial charge is 0.316 e. The predicted molar refractivity (Wildman–Crippen MR) is 60.5 cm³/mol. The van der Waals surface area contributed by atoms with Gasteiger partial charge in [-0.1, -0.05) is 17.0 Å². The van der Waals surface area contributed by atoms with Gasteiger partial charge in [0.05, 0.1) is 21.9 Å². The second-order valence-electron chi connectivity index (χ2n) is 3.48. The number of thioether (sulfide) groups is 1. The summed E-state index contributed by atoms with van der Waals surface area (Å²) in [6.07, 6.45) is -4.78. The predicted octanol–water partition coefficient (Wildman–Crippen LogP) is 1.07. The molecule has 0 unspecified atom stereocenters. The van der Waals surface area contributed by atoms with Crippen molar-refractivity contribution in [2.45, 2.75) is 17.0 Å². The molecule has 0 bridgehead atoms. The zero-order valence-electron chi connectivity index (χ0n) is 9.52. The SMILES string of the molecule is N#Cc1c(C(F)(F)F)cc(=O)[nH]c1SCc1nn[nH]n1. The van der Waals surface area contributed by atoms with Crippen molar-refractivity contribution in [3.05, 3.63) is 33.4 Å². The lowest BCUT2D eigenvalue weighted by Crippen LogP contribution is -2.17. The molecule has 0 saturated carbocycles. The van der Waals surface area contributed by atoms with E-state index < -0.39 is 22.9 Å². The number of rotatable bonds is 3. The minimum Gasteiger partial charge on any atom is -0.316 e. The third-order valence-corrected chi connectivity index (χ3v) is 3.16. The molecular weight excluding hydrogens is 297 g/mol. The van der Waals surface area contributed by atoms with E-state index in [1.807, 2.05) is 0 Å². The summed E-state index contributed by atoms with van der Waals surface area (Å²) < 4.78 is 38.3. The zero-order valence-corrected chi connectivity index (χ0v) is 10.3. The minimum atomic E-state index is -4.78. The molecule has 20 heavy (non-hydrogen) atoms. The number of pyridine rings is 1. The Morgan fingerprint density at radius 2 is 2.20 bits per heavy atom. The van der Waals surface area contributed by atoms with E-state index in [9.17, 15) is 18.0 Å². The van der Waals surface area contributed by atoms with Gasteiger partial charge >= 0.3 is 6.18 Å². The van der Waals surface area contributed by atoms with Gasteiger partial charge in [-0.15, -0.1) is 10.2 Å². The van der Waals surface area contributed by atoms with Crippen LogP contribution in [0.2, 0.25) is 0 Å². The maximum absolute atomic E-state index is 12.8. The highest BCUT2D eigenvalue weighted by atomic mass is 32.2. The normalized spacial score (nSPS) is 11.3. The van der Waals surface area contributed by atoms with Gasteiger partial charge < -0.3 is 4.98 Å². The van der Waals surface area contributed by atoms with Crippen molar-refractivity contribution in [1.29, 1.82) is 5.26 Å². The van der Waals surface area contributed by atoms with Crippen LogP contribution in [0.1, 0.15) is 17.0 Å². The number of nitrogens with zero attached hydrogens (tertiary/aromatic N) is 4. The highest BCUT2D eigenvalue weighted by molar-refractivity contribution is 7.98. The number of nitriles is 1. The first-order valence-electron chi connectivity index (χ1n) is 5.01. The third kappa shape index (κ3) is 2.97. The Bertz CT molecular complexity index is 702. The van der Waals surface area contributed by atoms with Gasteiger partial charge in [0.25, 0.3) is 0 Å². The molecule has 2 N–H and O–H groups in total. The molecular formula is C9H5F3N6OS. The third-order valence-electron chi connectivity index (χ3n) is 2.16. The first-order valence-corrected chi connectivity index (χ1v) is 6.00. The van der Waals surface area contributed by atoms with Gasteiger partial charge in [0.2, 0.25) is 5.56 Å². The number of aromatic nitrogens is 5. The summed E-state index contributed by atoms with van der Waals surface area (Å²) in [7, 11) is 0.